The molecule has 0 aliphatic heterocycles. The van der Waals surface area contributed by atoms with Gasteiger partial charge < -0.3 is 15.2 Å². The zero-order chi connectivity index (χ0) is 12.4. The number of aromatic amines is 1. The Kier molecular flexibility index (Phi) is 2.70. The van der Waals surface area contributed by atoms with Gasteiger partial charge in [0.05, 0.1) is 11.9 Å². The Bertz CT molecular complexity index is 563. The standard InChI is InChI=1S/C11H11N3O3/c1-6(15)13-11-12-5-9(14-11)8-3-2-7(16)4-10(8)17/h2-5,16-17H,1H3,(H2,12,13,14,15). The number of imidazole rings is 1. The first-order valence-electron chi connectivity index (χ1n) is 4.91. The summed E-state index contributed by atoms with van der Waals surface area (Å²) < 4.78 is 0. The topological polar surface area (TPSA) is 98.2 Å². The van der Waals surface area contributed by atoms with E-state index >= 15 is 0 Å². The van der Waals surface area contributed by atoms with Gasteiger partial charge in [0, 0.05) is 18.6 Å². The number of phenolic OH excluding ortho intramolecular Hbond substituents is 2. The first kappa shape index (κ1) is 11.0. The zero-order valence-corrected chi connectivity index (χ0v) is 9.06. The molecule has 0 spiro atoms. The number of benzene rings is 1. The third kappa shape index (κ3) is 2.36. The summed E-state index contributed by atoms with van der Waals surface area (Å²) in [6.07, 6.45) is 1.48. The van der Waals surface area contributed by atoms with E-state index in [9.17, 15) is 9.90 Å². The molecule has 1 aromatic carbocycles. The highest BCUT2D eigenvalue weighted by Crippen LogP contribution is 2.31. The average molecular weight is 233 g/mol. The van der Waals surface area contributed by atoms with Crippen molar-refractivity contribution in [3.63, 3.8) is 0 Å². The molecule has 0 fully saturated rings. The van der Waals surface area contributed by atoms with Crippen LogP contribution >= 0.6 is 0 Å². The summed E-state index contributed by atoms with van der Waals surface area (Å²) in [5, 5.41) is 21.3. The Hall–Kier alpha value is -2.50. The number of aromatic nitrogens is 2. The maximum Gasteiger partial charge on any atom is 0.223 e. The Morgan fingerprint density at radius 2 is 2.18 bits per heavy atom. The van der Waals surface area contributed by atoms with E-state index in [1.807, 2.05) is 0 Å². The second kappa shape index (κ2) is 4.17. The number of carbonyl (C=O) groups is 1. The fraction of sp³-hybridized carbons (Fsp3) is 0.0909. The van der Waals surface area contributed by atoms with Crippen molar-refractivity contribution in [1.82, 2.24) is 9.97 Å². The highest BCUT2D eigenvalue weighted by atomic mass is 16.3. The molecule has 2 rings (SSSR count). The maximum atomic E-state index is 10.8. The van der Waals surface area contributed by atoms with E-state index in [2.05, 4.69) is 15.3 Å². The summed E-state index contributed by atoms with van der Waals surface area (Å²) >= 11 is 0. The molecule has 2 aromatic rings. The average Bonchev–Trinajstić information content (AvgIpc) is 2.65. The van der Waals surface area contributed by atoms with Crippen molar-refractivity contribution >= 4 is 11.9 Å². The van der Waals surface area contributed by atoms with Crippen molar-refractivity contribution in [2.24, 2.45) is 0 Å². The highest BCUT2D eigenvalue weighted by Gasteiger charge is 2.08. The van der Waals surface area contributed by atoms with E-state index in [1.54, 1.807) is 6.07 Å². The Labute approximate surface area is 96.9 Å². The van der Waals surface area contributed by atoms with Gasteiger partial charge in [-0.3, -0.25) is 10.1 Å². The number of H-pyrrole nitrogens is 1. The van der Waals surface area contributed by atoms with Crippen LogP contribution in [-0.4, -0.2) is 26.1 Å². The van der Waals surface area contributed by atoms with Gasteiger partial charge >= 0.3 is 0 Å². The summed E-state index contributed by atoms with van der Waals surface area (Å²) in [6.45, 7) is 1.38. The van der Waals surface area contributed by atoms with Crippen LogP contribution in [0.3, 0.4) is 0 Å². The summed E-state index contributed by atoms with van der Waals surface area (Å²) in [5.74, 6) is -0.0170. The lowest BCUT2D eigenvalue weighted by Crippen LogP contribution is -2.06. The van der Waals surface area contributed by atoms with E-state index in [4.69, 9.17) is 5.11 Å². The number of carbonyl (C=O) groups excluding carboxylic acids is 1. The van der Waals surface area contributed by atoms with Gasteiger partial charge in [0.2, 0.25) is 11.9 Å². The number of nitrogens with one attached hydrogen (secondary N) is 2. The molecule has 1 amide bonds. The summed E-state index contributed by atoms with van der Waals surface area (Å²) in [7, 11) is 0. The van der Waals surface area contributed by atoms with E-state index in [1.165, 1.54) is 25.3 Å². The molecule has 6 heteroatoms. The molecule has 0 aliphatic carbocycles. The molecule has 88 valence electrons. The van der Waals surface area contributed by atoms with Gasteiger partial charge in [-0.15, -0.1) is 0 Å². The third-order valence-corrected chi connectivity index (χ3v) is 2.14. The zero-order valence-electron chi connectivity index (χ0n) is 9.06. The van der Waals surface area contributed by atoms with Crippen LogP contribution in [-0.2, 0) is 4.79 Å². The number of phenols is 2. The second-order valence-electron chi connectivity index (χ2n) is 3.53. The van der Waals surface area contributed by atoms with Gasteiger partial charge in [-0.25, -0.2) is 4.98 Å². The van der Waals surface area contributed by atoms with Crippen LogP contribution in [0.15, 0.2) is 24.4 Å². The highest BCUT2D eigenvalue weighted by molar-refractivity contribution is 5.87. The van der Waals surface area contributed by atoms with Gasteiger partial charge in [-0.1, -0.05) is 0 Å². The fourth-order valence-corrected chi connectivity index (χ4v) is 1.44. The number of hydrogen-bond donors (Lipinski definition) is 4. The SMILES string of the molecule is CC(=O)Nc1ncc(-c2ccc(O)cc2O)[nH]1. The van der Waals surface area contributed by atoms with Crippen molar-refractivity contribution in [3.8, 4) is 22.8 Å². The molecular weight excluding hydrogens is 222 g/mol. The minimum Gasteiger partial charge on any atom is -0.508 e. The summed E-state index contributed by atoms with van der Waals surface area (Å²) in [5.41, 5.74) is 1.04. The van der Waals surface area contributed by atoms with Crippen LogP contribution in [0.1, 0.15) is 6.92 Å². The van der Waals surface area contributed by atoms with Gasteiger partial charge in [0.1, 0.15) is 11.5 Å². The normalized spacial score (nSPS) is 10.2. The Morgan fingerprint density at radius 1 is 1.41 bits per heavy atom. The molecule has 1 aromatic heterocycles. The van der Waals surface area contributed by atoms with Crippen molar-refractivity contribution in [1.29, 1.82) is 0 Å². The predicted octanol–water partition coefficient (Wildman–Crippen LogP) is 1.45. The molecule has 0 unspecified atom stereocenters. The van der Waals surface area contributed by atoms with Crippen LogP contribution in [0.4, 0.5) is 5.95 Å². The molecule has 0 aliphatic rings. The molecule has 17 heavy (non-hydrogen) atoms. The van der Waals surface area contributed by atoms with E-state index in [-0.39, 0.29) is 17.4 Å². The number of amides is 1. The number of hydrogen-bond acceptors (Lipinski definition) is 4. The Balaban J connectivity index is 2.33. The number of rotatable bonds is 2. The third-order valence-electron chi connectivity index (χ3n) is 2.14. The van der Waals surface area contributed by atoms with Crippen LogP contribution in [0, 0.1) is 0 Å². The number of anilines is 1. The molecule has 0 atom stereocenters. The smallest absolute Gasteiger partial charge is 0.223 e. The van der Waals surface area contributed by atoms with Gasteiger partial charge in [-0.05, 0) is 12.1 Å². The van der Waals surface area contributed by atoms with Crippen molar-refractivity contribution in [2.75, 3.05) is 5.32 Å². The minimum absolute atomic E-state index is 0.0205. The van der Waals surface area contributed by atoms with E-state index in [0.29, 0.717) is 17.2 Å². The second-order valence-corrected chi connectivity index (χ2v) is 3.53. The molecule has 0 radical (unpaired) electrons. The van der Waals surface area contributed by atoms with Crippen LogP contribution < -0.4 is 5.32 Å². The van der Waals surface area contributed by atoms with Crippen molar-refractivity contribution in [3.05, 3.63) is 24.4 Å². The van der Waals surface area contributed by atoms with Crippen molar-refractivity contribution < 1.29 is 15.0 Å². The quantitative estimate of drug-likeness (QED) is 0.630. The predicted molar refractivity (Wildman–Crippen MR) is 61.7 cm³/mol. The summed E-state index contributed by atoms with van der Waals surface area (Å²) in [6, 6.07) is 4.23. The van der Waals surface area contributed by atoms with E-state index in [0.717, 1.165) is 0 Å². The van der Waals surface area contributed by atoms with Crippen LogP contribution in [0.2, 0.25) is 0 Å². The molecule has 6 nitrogen and oxygen atoms in total. The molecule has 1 heterocycles. The minimum atomic E-state index is -0.235. The molecule has 0 saturated heterocycles. The summed E-state index contributed by atoms with van der Waals surface area (Å²) in [4.78, 5) is 17.6. The van der Waals surface area contributed by atoms with Gasteiger partial charge in [-0.2, -0.15) is 0 Å². The largest absolute Gasteiger partial charge is 0.508 e. The number of aromatic hydroxyl groups is 2. The van der Waals surface area contributed by atoms with Crippen LogP contribution in [0.5, 0.6) is 11.5 Å². The monoisotopic (exact) mass is 233 g/mol. The number of nitrogens with zero attached hydrogens (tertiary/aromatic N) is 1. The molecule has 0 bridgehead atoms. The lowest BCUT2D eigenvalue weighted by Gasteiger charge is -2.02. The lowest BCUT2D eigenvalue weighted by atomic mass is 10.1. The Morgan fingerprint density at radius 3 is 2.82 bits per heavy atom. The molecular formula is C11H11N3O3. The maximum absolute atomic E-state index is 10.8. The fourth-order valence-electron chi connectivity index (χ4n) is 1.44. The lowest BCUT2D eigenvalue weighted by molar-refractivity contribution is -0.114. The van der Waals surface area contributed by atoms with Gasteiger partial charge in [0.15, 0.2) is 0 Å². The van der Waals surface area contributed by atoms with Gasteiger partial charge in [0.25, 0.3) is 0 Å². The van der Waals surface area contributed by atoms with E-state index < -0.39 is 0 Å². The molecule has 4 N–H and O–H groups in total. The van der Waals surface area contributed by atoms with Crippen LogP contribution in [0.25, 0.3) is 11.3 Å². The first-order valence-corrected chi connectivity index (χ1v) is 4.91. The first-order chi connectivity index (χ1) is 8.06. The van der Waals surface area contributed by atoms with Crippen molar-refractivity contribution in [2.45, 2.75) is 6.92 Å². The molecule has 0 saturated carbocycles.